The van der Waals surface area contributed by atoms with Crippen LogP contribution in [0, 0.1) is 30.0 Å². The van der Waals surface area contributed by atoms with E-state index in [9.17, 15) is 14.4 Å². The third-order valence-electron chi connectivity index (χ3n) is 6.96. The van der Waals surface area contributed by atoms with Crippen molar-refractivity contribution in [3.05, 3.63) is 94.3 Å². The second-order valence-electron chi connectivity index (χ2n) is 10.2. The van der Waals surface area contributed by atoms with Crippen LogP contribution in [-0.2, 0) is 0 Å². The summed E-state index contributed by atoms with van der Waals surface area (Å²) in [4.78, 5) is 13.0. The maximum absolute atomic E-state index is 13.7. The first-order valence-corrected chi connectivity index (χ1v) is 13.1. The smallest absolute Gasteiger partial charge is 0.379 e. The first kappa shape index (κ1) is 27.6. The summed E-state index contributed by atoms with van der Waals surface area (Å²) in [5.74, 6) is 0.320. The molecule has 1 unspecified atom stereocenters. The van der Waals surface area contributed by atoms with Crippen LogP contribution in [0.2, 0.25) is 0 Å². The van der Waals surface area contributed by atoms with E-state index in [1.165, 1.54) is 24.3 Å². The number of esters is 1. The zero-order valence-electron chi connectivity index (χ0n) is 23.1. The first-order chi connectivity index (χ1) is 19.7. The Kier molecular flexibility index (Phi) is 7.58. The largest absolute Gasteiger partial charge is 0.493 e. The monoisotopic (exact) mass is 556 g/mol. The minimum atomic E-state index is -0.745. The molecule has 210 valence electrons. The molecule has 9 heteroatoms. The predicted octanol–water partition coefficient (Wildman–Crippen LogP) is 6.75. The van der Waals surface area contributed by atoms with E-state index >= 15 is 0 Å². The second-order valence-corrected chi connectivity index (χ2v) is 10.2. The van der Waals surface area contributed by atoms with Crippen LogP contribution in [-0.4, -0.2) is 19.7 Å². The molecule has 0 spiro atoms. The quantitative estimate of drug-likeness (QED) is 0.187. The standard InChI is InChI=1S/C32H29FN2O6/c1-17(2)11-12-38-26-9-5-19(13-28(26)37-4)29-22-8-7-21(15-27(22)41-31(35)24(29)16-34)39-32(36)30-18(3)23-14-20(33)6-10-25(23)40-30/h5-10,13-15,17,29H,11-12,35H2,1-4H3. The number of carbonyl (C=O) groups excluding carboxylic acids is 1. The molecule has 41 heavy (non-hydrogen) atoms. The second kappa shape index (κ2) is 11.3. The molecule has 2 heterocycles. The van der Waals surface area contributed by atoms with Gasteiger partial charge in [0, 0.05) is 22.6 Å². The molecule has 0 amide bonds. The van der Waals surface area contributed by atoms with E-state index in [0.717, 1.165) is 12.0 Å². The Morgan fingerprint density at radius 2 is 1.93 bits per heavy atom. The van der Waals surface area contributed by atoms with Gasteiger partial charge in [0.25, 0.3) is 0 Å². The molecular weight excluding hydrogens is 527 g/mol. The highest BCUT2D eigenvalue weighted by Crippen LogP contribution is 2.45. The third-order valence-corrected chi connectivity index (χ3v) is 6.96. The summed E-state index contributed by atoms with van der Waals surface area (Å²) in [6.07, 6.45) is 0.900. The predicted molar refractivity (Wildman–Crippen MR) is 150 cm³/mol. The van der Waals surface area contributed by atoms with Crippen molar-refractivity contribution < 1.29 is 32.5 Å². The summed E-state index contributed by atoms with van der Waals surface area (Å²) in [5.41, 5.74) is 8.65. The lowest BCUT2D eigenvalue weighted by atomic mass is 9.83. The average Bonchev–Trinajstić information content (AvgIpc) is 3.27. The Morgan fingerprint density at radius 3 is 2.66 bits per heavy atom. The Morgan fingerprint density at radius 1 is 1.12 bits per heavy atom. The number of benzene rings is 3. The summed E-state index contributed by atoms with van der Waals surface area (Å²) in [5, 5.41) is 10.4. The van der Waals surface area contributed by atoms with Crippen molar-refractivity contribution in [1.82, 2.24) is 0 Å². The molecule has 5 rings (SSSR count). The molecule has 0 radical (unpaired) electrons. The number of aryl methyl sites for hydroxylation is 1. The lowest BCUT2D eigenvalue weighted by Gasteiger charge is -2.27. The van der Waals surface area contributed by atoms with Crippen LogP contribution in [0.3, 0.4) is 0 Å². The van der Waals surface area contributed by atoms with Crippen molar-refractivity contribution in [3.8, 4) is 29.1 Å². The number of nitriles is 1. The Hall–Kier alpha value is -4.97. The van der Waals surface area contributed by atoms with Gasteiger partial charge in [-0.3, -0.25) is 0 Å². The molecule has 0 saturated carbocycles. The van der Waals surface area contributed by atoms with Gasteiger partial charge in [0.15, 0.2) is 11.5 Å². The number of allylic oxidation sites excluding steroid dienone is 1. The molecule has 3 aromatic carbocycles. The molecule has 0 fully saturated rings. The summed E-state index contributed by atoms with van der Waals surface area (Å²) in [6, 6.07) is 16.5. The lowest BCUT2D eigenvalue weighted by Crippen LogP contribution is -2.21. The van der Waals surface area contributed by atoms with E-state index in [1.54, 1.807) is 26.2 Å². The summed E-state index contributed by atoms with van der Waals surface area (Å²) in [7, 11) is 1.56. The van der Waals surface area contributed by atoms with Gasteiger partial charge in [-0.25, -0.2) is 9.18 Å². The van der Waals surface area contributed by atoms with E-state index in [0.29, 0.717) is 51.9 Å². The molecule has 0 aliphatic carbocycles. The van der Waals surface area contributed by atoms with Crippen LogP contribution in [0.5, 0.6) is 23.0 Å². The normalized spacial score (nSPS) is 14.4. The molecule has 2 N–H and O–H groups in total. The van der Waals surface area contributed by atoms with Gasteiger partial charge < -0.3 is 29.1 Å². The van der Waals surface area contributed by atoms with Crippen molar-refractivity contribution in [2.24, 2.45) is 11.7 Å². The first-order valence-electron chi connectivity index (χ1n) is 13.1. The van der Waals surface area contributed by atoms with Crippen molar-refractivity contribution in [2.45, 2.75) is 33.1 Å². The van der Waals surface area contributed by atoms with Crippen molar-refractivity contribution in [2.75, 3.05) is 13.7 Å². The molecule has 1 aliphatic rings. The number of furan rings is 1. The summed E-state index contributed by atoms with van der Waals surface area (Å²) in [6.45, 7) is 6.46. The number of halogens is 1. The van der Waals surface area contributed by atoms with Gasteiger partial charge in [0.05, 0.1) is 19.6 Å². The Bertz CT molecular complexity index is 1720. The number of ether oxygens (including phenoxy) is 4. The fourth-order valence-electron chi connectivity index (χ4n) is 4.77. The SMILES string of the molecule is COc1cc(C2C(C#N)=C(N)Oc3cc(OC(=O)c4oc5ccc(F)cc5c4C)ccc32)ccc1OCCC(C)C. The Labute approximate surface area is 236 Å². The highest BCUT2D eigenvalue weighted by molar-refractivity contribution is 5.96. The van der Waals surface area contributed by atoms with Gasteiger partial charge >= 0.3 is 5.97 Å². The number of hydrogen-bond donors (Lipinski definition) is 1. The molecular formula is C32H29FN2O6. The van der Waals surface area contributed by atoms with Gasteiger partial charge in [-0.05, 0) is 61.2 Å². The molecule has 0 saturated heterocycles. The van der Waals surface area contributed by atoms with Gasteiger partial charge in [-0.15, -0.1) is 0 Å². The number of carbonyl (C=O) groups is 1. The summed E-state index contributed by atoms with van der Waals surface area (Å²) >= 11 is 0. The van der Waals surface area contributed by atoms with Crippen LogP contribution < -0.4 is 24.7 Å². The van der Waals surface area contributed by atoms with Crippen LogP contribution in [0.1, 0.15) is 53.4 Å². The van der Waals surface area contributed by atoms with E-state index in [4.69, 9.17) is 29.1 Å². The van der Waals surface area contributed by atoms with Crippen molar-refractivity contribution in [3.63, 3.8) is 0 Å². The minimum absolute atomic E-state index is 0.0314. The van der Waals surface area contributed by atoms with Crippen LogP contribution in [0.4, 0.5) is 4.39 Å². The van der Waals surface area contributed by atoms with Crippen LogP contribution in [0.25, 0.3) is 11.0 Å². The fourth-order valence-corrected chi connectivity index (χ4v) is 4.77. The lowest BCUT2D eigenvalue weighted by molar-refractivity contribution is 0.0702. The van der Waals surface area contributed by atoms with Crippen LogP contribution in [0.15, 0.2) is 70.5 Å². The number of nitrogens with two attached hydrogens (primary N) is 1. The molecule has 8 nitrogen and oxygen atoms in total. The zero-order chi connectivity index (χ0) is 29.3. The molecule has 1 aliphatic heterocycles. The van der Waals surface area contributed by atoms with Gasteiger partial charge in [0.1, 0.15) is 34.5 Å². The highest BCUT2D eigenvalue weighted by atomic mass is 19.1. The molecule has 0 bridgehead atoms. The zero-order valence-corrected chi connectivity index (χ0v) is 23.1. The molecule has 4 aromatic rings. The topological polar surface area (TPSA) is 117 Å². The average molecular weight is 557 g/mol. The molecule has 1 aromatic heterocycles. The van der Waals surface area contributed by atoms with E-state index in [2.05, 4.69) is 19.9 Å². The summed E-state index contributed by atoms with van der Waals surface area (Å²) < 4.78 is 42.2. The number of methoxy groups -OCH3 is 1. The molecule has 1 atom stereocenters. The van der Waals surface area contributed by atoms with E-state index in [1.807, 2.05) is 18.2 Å². The van der Waals surface area contributed by atoms with E-state index < -0.39 is 17.7 Å². The number of hydrogen-bond acceptors (Lipinski definition) is 8. The van der Waals surface area contributed by atoms with Gasteiger partial charge in [0.2, 0.25) is 11.6 Å². The number of nitrogens with zero attached hydrogens (tertiary/aromatic N) is 1. The number of fused-ring (bicyclic) bond motifs is 2. The van der Waals surface area contributed by atoms with Crippen LogP contribution >= 0.6 is 0 Å². The minimum Gasteiger partial charge on any atom is -0.493 e. The maximum Gasteiger partial charge on any atom is 0.379 e. The van der Waals surface area contributed by atoms with Gasteiger partial charge in [-0.2, -0.15) is 5.26 Å². The maximum atomic E-state index is 13.7. The van der Waals surface area contributed by atoms with Gasteiger partial charge in [-0.1, -0.05) is 26.0 Å². The Balaban J connectivity index is 1.45. The van der Waals surface area contributed by atoms with E-state index in [-0.39, 0.29) is 23.0 Å². The highest BCUT2D eigenvalue weighted by Gasteiger charge is 2.32. The van der Waals surface area contributed by atoms with Crippen molar-refractivity contribution in [1.29, 1.82) is 5.26 Å². The third kappa shape index (κ3) is 5.41. The van der Waals surface area contributed by atoms with Crippen molar-refractivity contribution >= 4 is 16.9 Å². The fraction of sp³-hybridized carbons (Fsp3) is 0.250. The number of rotatable bonds is 8.